The minimum Gasteiger partial charge on any atom is -0.485 e. The number of halogens is 5. The van der Waals surface area contributed by atoms with E-state index in [1.807, 2.05) is 4.90 Å². The molecule has 2 aliphatic heterocycles. The van der Waals surface area contributed by atoms with Gasteiger partial charge in [0.05, 0.1) is 23.7 Å². The highest BCUT2D eigenvalue weighted by Crippen LogP contribution is 2.45. The highest BCUT2D eigenvalue weighted by Gasteiger charge is 2.50. The van der Waals surface area contributed by atoms with Gasteiger partial charge in [0.25, 0.3) is 6.43 Å². The fourth-order valence-corrected chi connectivity index (χ4v) is 6.40. The van der Waals surface area contributed by atoms with Gasteiger partial charge in [-0.25, -0.2) is 13.2 Å². The van der Waals surface area contributed by atoms with Crippen LogP contribution < -0.4 is 9.64 Å². The lowest BCUT2D eigenvalue weighted by molar-refractivity contribution is -0.161. The van der Waals surface area contributed by atoms with Gasteiger partial charge in [0.1, 0.15) is 17.7 Å². The Kier molecular flexibility index (Phi) is 7.99. The number of alkyl halides is 2. The molecule has 0 spiro atoms. The molecule has 1 saturated carbocycles. The van der Waals surface area contributed by atoms with E-state index in [2.05, 4.69) is 4.90 Å². The first kappa shape index (κ1) is 28.3. The van der Waals surface area contributed by atoms with Crippen molar-refractivity contribution < 1.29 is 32.5 Å². The standard InChI is InChI=1S/C28H31Cl2F3N2O4/c1-15(20-4-3-17(29)7-21(20)30)39-23-9-18(8-22(31)25(23)26(32)33)35-12-16(13-35)24-14-34(5-6-38-24)19-10-28(2,11-19)27(36)37/h3-4,7-9,15-16,19,24,26H,5-6,10-14H2,1-2H3,(H,36,37)/t15-,19?,24+,28?/m1/s1. The average Bonchev–Trinajstić information content (AvgIpc) is 2.80. The first-order valence-electron chi connectivity index (χ1n) is 13.0. The van der Waals surface area contributed by atoms with Gasteiger partial charge in [0.15, 0.2) is 0 Å². The van der Waals surface area contributed by atoms with E-state index in [0.29, 0.717) is 60.4 Å². The van der Waals surface area contributed by atoms with Crippen LogP contribution in [0.5, 0.6) is 5.75 Å². The number of anilines is 1. The fraction of sp³-hybridized carbons (Fsp3) is 0.536. The molecule has 2 heterocycles. The number of nitrogens with zero attached hydrogens (tertiary/aromatic N) is 2. The summed E-state index contributed by atoms with van der Waals surface area (Å²) in [5, 5.41) is 10.2. The van der Waals surface area contributed by atoms with Gasteiger partial charge in [-0.05, 0) is 44.9 Å². The van der Waals surface area contributed by atoms with Gasteiger partial charge < -0.3 is 19.5 Å². The second-order valence-corrected chi connectivity index (χ2v) is 11.9. The van der Waals surface area contributed by atoms with Gasteiger partial charge >= 0.3 is 5.97 Å². The molecule has 0 radical (unpaired) electrons. The zero-order valence-corrected chi connectivity index (χ0v) is 23.2. The van der Waals surface area contributed by atoms with E-state index in [1.165, 1.54) is 12.1 Å². The van der Waals surface area contributed by atoms with Crippen LogP contribution in [0.4, 0.5) is 18.9 Å². The highest BCUT2D eigenvalue weighted by molar-refractivity contribution is 6.35. The van der Waals surface area contributed by atoms with Crippen LogP contribution >= 0.6 is 23.2 Å². The van der Waals surface area contributed by atoms with Crippen LogP contribution in [-0.4, -0.2) is 60.9 Å². The Morgan fingerprint density at radius 3 is 2.54 bits per heavy atom. The van der Waals surface area contributed by atoms with Crippen molar-refractivity contribution in [1.29, 1.82) is 0 Å². The van der Waals surface area contributed by atoms with Crippen LogP contribution in [0.25, 0.3) is 0 Å². The van der Waals surface area contributed by atoms with E-state index in [0.717, 1.165) is 12.6 Å². The summed E-state index contributed by atoms with van der Waals surface area (Å²) in [6, 6.07) is 7.62. The van der Waals surface area contributed by atoms with E-state index in [-0.39, 0.29) is 23.8 Å². The second-order valence-electron chi connectivity index (χ2n) is 11.1. The van der Waals surface area contributed by atoms with Crippen LogP contribution in [0.15, 0.2) is 30.3 Å². The summed E-state index contributed by atoms with van der Waals surface area (Å²) in [6.07, 6.45) is -2.54. The molecule has 1 N–H and O–H groups in total. The van der Waals surface area contributed by atoms with Gasteiger partial charge in [-0.3, -0.25) is 9.69 Å². The summed E-state index contributed by atoms with van der Waals surface area (Å²) in [6.45, 7) is 6.66. The number of benzene rings is 2. The number of carboxylic acids is 1. The Morgan fingerprint density at radius 2 is 1.90 bits per heavy atom. The normalized spacial score (nSPS) is 26.7. The molecule has 2 atom stereocenters. The minimum absolute atomic E-state index is 0.0281. The Bertz CT molecular complexity index is 1240. The highest BCUT2D eigenvalue weighted by atomic mass is 35.5. The average molecular weight is 587 g/mol. The number of hydrogen-bond acceptors (Lipinski definition) is 5. The Labute approximate surface area is 235 Å². The largest absolute Gasteiger partial charge is 0.485 e. The predicted molar refractivity (Wildman–Crippen MR) is 143 cm³/mol. The summed E-state index contributed by atoms with van der Waals surface area (Å²) in [5.74, 6) is -1.82. The molecule has 5 rings (SSSR count). The molecule has 11 heteroatoms. The molecule has 2 aromatic carbocycles. The van der Waals surface area contributed by atoms with Crippen LogP contribution in [-0.2, 0) is 9.53 Å². The Balaban J connectivity index is 1.25. The number of morpholine rings is 1. The lowest BCUT2D eigenvalue weighted by Gasteiger charge is -2.52. The number of ether oxygens (including phenoxy) is 2. The maximum Gasteiger partial charge on any atom is 0.309 e. The third-order valence-corrected chi connectivity index (χ3v) is 8.89. The molecule has 212 valence electrons. The van der Waals surface area contributed by atoms with E-state index in [1.54, 1.807) is 26.0 Å². The fourth-order valence-electron chi connectivity index (χ4n) is 5.84. The summed E-state index contributed by atoms with van der Waals surface area (Å²) in [7, 11) is 0. The number of carboxylic acid groups (broad SMARTS) is 1. The minimum atomic E-state index is -3.05. The van der Waals surface area contributed by atoms with Crippen molar-refractivity contribution in [3.05, 3.63) is 57.3 Å². The van der Waals surface area contributed by atoms with Crippen LogP contribution in [0.3, 0.4) is 0 Å². The SMILES string of the molecule is C[C@@H](Oc1cc(N2CC([C@@H]3CN(C4CC(C)(C(=O)O)C4)CCO3)C2)cc(F)c1C(F)F)c1ccc(Cl)cc1Cl. The molecule has 0 bridgehead atoms. The smallest absolute Gasteiger partial charge is 0.309 e. The number of hydrogen-bond donors (Lipinski definition) is 1. The molecule has 0 aromatic heterocycles. The number of carbonyl (C=O) groups is 1. The van der Waals surface area contributed by atoms with Crippen molar-refractivity contribution in [2.75, 3.05) is 37.7 Å². The van der Waals surface area contributed by atoms with Crippen molar-refractivity contribution in [2.45, 2.75) is 51.4 Å². The summed E-state index contributed by atoms with van der Waals surface area (Å²) >= 11 is 12.2. The zero-order valence-electron chi connectivity index (χ0n) is 21.7. The maximum atomic E-state index is 14.9. The molecular formula is C28H31Cl2F3N2O4. The van der Waals surface area contributed by atoms with E-state index in [9.17, 15) is 23.1 Å². The first-order chi connectivity index (χ1) is 18.4. The molecule has 3 aliphatic rings. The third kappa shape index (κ3) is 5.69. The van der Waals surface area contributed by atoms with Crippen molar-refractivity contribution in [1.82, 2.24) is 4.90 Å². The quantitative estimate of drug-likeness (QED) is 0.376. The van der Waals surface area contributed by atoms with Crippen molar-refractivity contribution in [3.63, 3.8) is 0 Å². The first-order valence-corrected chi connectivity index (χ1v) is 13.8. The van der Waals surface area contributed by atoms with Crippen molar-refractivity contribution in [2.24, 2.45) is 11.3 Å². The molecular weight excluding hydrogens is 556 g/mol. The van der Waals surface area contributed by atoms with Crippen molar-refractivity contribution in [3.8, 4) is 5.75 Å². The molecule has 2 saturated heterocycles. The Hall–Kier alpha value is -2.20. The third-order valence-electron chi connectivity index (χ3n) is 8.33. The lowest BCUT2D eigenvalue weighted by atomic mass is 9.66. The summed E-state index contributed by atoms with van der Waals surface area (Å²) < 4.78 is 54.4. The molecule has 6 nitrogen and oxygen atoms in total. The molecule has 2 aromatic rings. The van der Waals surface area contributed by atoms with E-state index >= 15 is 0 Å². The second kappa shape index (κ2) is 11.0. The van der Waals surface area contributed by atoms with Gasteiger partial charge in [-0.15, -0.1) is 0 Å². The molecule has 3 fully saturated rings. The monoisotopic (exact) mass is 586 g/mol. The van der Waals surface area contributed by atoms with Gasteiger partial charge in [-0.2, -0.15) is 0 Å². The van der Waals surface area contributed by atoms with Gasteiger partial charge in [-0.1, -0.05) is 29.3 Å². The van der Waals surface area contributed by atoms with E-state index < -0.39 is 35.3 Å². The molecule has 39 heavy (non-hydrogen) atoms. The predicted octanol–water partition coefficient (Wildman–Crippen LogP) is 6.60. The van der Waals surface area contributed by atoms with Gasteiger partial charge in [0, 0.05) is 65.5 Å². The van der Waals surface area contributed by atoms with Crippen LogP contribution in [0.2, 0.25) is 10.0 Å². The summed E-state index contributed by atoms with van der Waals surface area (Å²) in [5.41, 5.74) is -0.435. The lowest BCUT2D eigenvalue weighted by Crippen LogP contribution is -2.61. The molecule has 0 unspecified atom stereocenters. The van der Waals surface area contributed by atoms with Crippen molar-refractivity contribution >= 4 is 34.9 Å². The van der Waals surface area contributed by atoms with Gasteiger partial charge in [0.2, 0.25) is 0 Å². The summed E-state index contributed by atoms with van der Waals surface area (Å²) in [4.78, 5) is 15.7. The topological polar surface area (TPSA) is 62.2 Å². The molecule has 0 amide bonds. The number of aliphatic carboxylic acids is 1. The molecule has 1 aliphatic carbocycles. The van der Waals surface area contributed by atoms with E-state index in [4.69, 9.17) is 32.7 Å². The van der Waals surface area contributed by atoms with Crippen LogP contribution in [0, 0.1) is 17.2 Å². The number of rotatable bonds is 8. The maximum absolute atomic E-state index is 14.9. The Morgan fingerprint density at radius 1 is 1.18 bits per heavy atom. The van der Waals surface area contributed by atoms with Crippen LogP contribution in [0.1, 0.15) is 50.3 Å². The zero-order chi connectivity index (χ0) is 28.1.